The van der Waals surface area contributed by atoms with Crippen molar-refractivity contribution < 1.29 is 14.2 Å². The fraction of sp³-hybridized carbons (Fsp3) is 0.368. The summed E-state index contributed by atoms with van der Waals surface area (Å²) in [4.78, 5) is 2.27. The predicted octanol–water partition coefficient (Wildman–Crippen LogP) is 3.05. The zero-order valence-electron chi connectivity index (χ0n) is 13.1. The Morgan fingerprint density at radius 3 is 2.61 bits per heavy atom. The number of benzene rings is 2. The number of likely N-dealkylation sites (tertiary alicyclic amines) is 1. The molecule has 1 fully saturated rings. The maximum Gasteiger partial charge on any atom is 0.123 e. The topological polar surface area (TPSA) is 32.7 Å². The highest BCUT2D eigenvalue weighted by Gasteiger charge is 2.25. The zero-order chi connectivity index (χ0) is 16.1. The Morgan fingerprint density at radius 1 is 1.13 bits per heavy atom. The molecule has 4 heteroatoms. The van der Waals surface area contributed by atoms with E-state index in [0.717, 1.165) is 19.5 Å². The van der Waals surface area contributed by atoms with Crippen molar-refractivity contribution in [3.63, 3.8) is 0 Å². The molecular weight excluding hydrogens is 293 g/mol. The summed E-state index contributed by atoms with van der Waals surface area (Å²) >= 11 is 0. The van der Waals surface area contributed by atoms with Gasteiger partial charge in [0.15, 0.2) is 0 Å². The van der Waals surface area contributed by atoms with Crippen LogP contribution in [0.2, 0.25) is 0 Å². The summed E-state index contributed by atoms with van der Waals surface area (Å²) in [6.07, 6.45) is 0.574. The van der Waals surface area contributed by atoms with Crippen LogP contribution in [0.5, 0.6) is 5.75 Å². The lowest BCUT2D eigenvalue weighted by molar-refractivity contribution is 0.0754. The summed E-state index contributed by atoms with van der Waals surface area (Å²) in [5.74, 6) is 0.831. The van der Waals surface area contributed by atoms with Gasteiger partial charge < -0.3 is 14.7 Å². The van der Waals surface area contributed by atoms with E-state index in [1.165, 1.54) is 17.7 Å². The van der Waals surface area contributed by atoms with E-state index in [-0.39, 0.29) is 12.4 Å². The molecule has 0 saturated carbocycles. The first kappa shape index (κ1) is 16.0. The quantitative estimate of drug-likeness (QED) is 0.889. The van der Waals surface area contributed by atoms with Crippen molar-refractivity contribution in [3.05, 3.63) is 66.0 Å². The fourth-order valence-corrected chi connectivity index (χ4v) is 3.07. The SMILES string of the molecule is O[C@H](COc1ccc(F)cc1)CN1CC[C@@H](c2ccccc2)C1. The Morgan fingerprint density at radius 2 is 1.87 bits per heavy atom. The molecule has 0 aliphatic carbocycles. The van der Waals surface area contributed by atoms with Crippen molar-refractivity contribution in [3.8, 4) is 5.75 Å². The summed E-state index contributed by atoms with van der Waals surface area (Å²) in [7, 11) is 0. The van der Waals surface area contributed by atoms with Gasteiger partial charge in [0.25, 0.3) is 0 Å². The number of aliphatic hydroxyl groups excluding tert-OH is 1. The third-order valence-electron chi connectivity index (χ3n) is 4.27. The van der Waals surface area contributed by atoms with Gasteiger partial charge in [0.2, 0.25) is 0 Å². The predicted molar refractivity (Wildman–Crippen MR) is 88.1 cm³/mol. The summed E-state index contributed by atoms with van der Waals surface area (Å²) in [6.45, 7) is 2.79. The summed E-state index contributed by atoms with van der Waals surface area (Å²) in [5.41, 5.74) is 1.37. The minimum atomic E-state index is -0.547. The molecule has 23 heavy (non-hydrogen) atoms. The Kier molecular flexibility index (Phi) is 5.26. The minimum absolute atomic E-state index is 0.220. The standard InChI is InChI=1S/C19H22FNO2/c20-17-6-8-19(9-7-17)23-14-18(22)13-21-11-10-16(12-21)15-4-2-1-3-5-15/h1-9,16,18,22H,10-14H2/t16-,18+/m1/s1. The molecule has 0 amide bonds. The molecule has 2 aromatic carbocycles. The number of nitrogens with zero attached hydrogens (tertiary/aromatic N) is 1. The molecule has 0 aromatic heterocycles. The first-order valence-electron chi connectivity index (χ1n) is 8.04. The largest absolute Gasteiger partial charge is 0.491 e. The van der Waals surface area contributed by atoms with Crippen LogP contribution in [0.15, 0.2) is 54.6 Å². The van der Waals surface area contributed by atoms with Gasteiger partial charge in [0.05, 0.1) is 0 Å². The first-order chi connectivity index (χ1) is 11.2. The van der Waals surface area contributed by atoms with Gasteiger partial charge in [-0.05, 0) is 48.7 Å². The van der Waals surface area contributed by atoms with Crippen LogP contribution in [0.1, 0.15) is 17.9 Å². The monoisotopic (exact) mass is 315 g/mol. The maximum absolute atomic E-state index is 12.8. The van der Waals surface area contributed by atoms with Gasteiger partial charge in [0.1, 0.15) is 24.3 Å². The van der Waals surface area contributed by atoms with Gasteiger partial charge in [-0.2, -0.15) is 0 Å². The van der Waals surface area contributed by atoms with E-state index in [1.54, 1.807) is 12.1 Å². The second-order valence-electron chi connectivity index (χ2n) is 6.07. The Bertz CT molecular complexity index is 603. The van der Waals surface area contributed by atoms with E-state index in [9.17, 15) is 9.50 Å². The molecule has 122 valence electrons. The van der Waals surface area contributed by atoms with Crippen LogP contribution in [0.4, 0.5) is 4.39 Å². The van der Waals surface area contributed by atoms with Crippen molar-refractivity contribution in [1.29, 1.82) is 0 Å². The van der Waals surface area contributed by atoms with Crippen LogP contribution in [0, 0.1) is 5.82 Å². The molecule has 1 saturated heterocycles. The van der Waals surface area contributed by atoms with E-state index in [2.05, 4.69) is 29.2 Å². The second-order valence-corrected chi connectivity index (χ2v) is 6.07. The molecule has 2 aromatic rings. The summed E-state index contributed by atoms with van der Waals surface area (Å²) in [6, 6.07) is 16.4. The average Bonchev–Trinajstić information content (AvgIpc) is 3.04. The van der Waals surface area contributed by atoms with Gasteiger partial charge >= 0.3 is 0 Å². The van der Waals surface area contributed by atoms with E-state index in [4.69, 9.17) is 4.74 Å². The number of hydrogen-bond donors (Lipinski definition) is 1. The van der Waals surface area contributed by atoms with E-state index < -0.39 is 6.10 Å². The molecule has 0 radical (unpaired) electrons. The molecule has 1 N–H and O–H groups in total. The van der Waals surface area contributed by atoms with E-state index in [0.29, 0.717) is 18.2 Å². The van der Waals surface area contributed by atoms with Crippen LogP contribution in [0.25, 0.3) is 0 Å². The van der Waals surface area contributed by atoms with Crippen LogP contribution >= 0.6 is 0 Å². The number of rotatable bonds is 6. The Balaban J connectivity index is 1.44. The molecule has 0 spiro atoms. The first-order valence-corrected chi connectivity index (χ1v) is 8.04. The van der Waals surface area contributed by atoms with Crippen molar-refractivity contribution in [2.45, 2.75) is 18.4 Å². The van der Waals surface area contributed by atoms with Crippen LogP contribution in [-0.4, -0.2) is 42.4 Å². The highest BCUT2D eigenvalue weighted by molar-refractivity contribution is 5.22. The van der Waals surface area contributed by atoms with Gasteiger partial charge in [0, 0.05) is 13.1 Å². The molecular formula is C19H22FNO2. The van der Waals surface area contributed by atoms with Crippen molar-refractivity contribution in [2.75, 3.05) is 26.2 Å². The van der Waals surface area contributed by atoms with Crippen molar-refractivity contribution >= 4 is 0 Å². The molecule has 1 heterocycles. The summed E-state index contributed by atoms with van der Waals surface area (Å²) < 4.78 is 18.3. The third kappa shape index (κ3) is 4.53. The minimum Gasteiger partial charge on any atom is -0.491 e. The van der Waals surface area contributed by atoms with Crippen LogP contribution in [-0.2, 0) is 0 Å². The lowest BCUT2D eigenvalue weighted by atomic mass is 9.99. The lowest BCUT2D eigenvalue weighted by Crippen LogP contribution is -2.34. The van der Waals surface area contributed by atoms with Gasteiger partial charge in [-0.15, -0.1) is 0 Å². The van der Waals surface area contributed by atoms with Crippen LogP contribution < -0.4 is 4.74 Å². The Hall–Kier alpha value is -1.91. The zero-order valence-corrected chi connectivity index (χ0v) is 13.1. The Labute approximate surface area is 136 Å². The van der Waals surface area contributed by atoms with E-state index in [1.807, 2.05) is 6.07 Å². The number of β-amino-alcohol motifs (C(OH)–C–C–N with tert-alkyl or cyclic N) is 1. The normalized spacial score (nSPS) is 19.7. The molecule has 0 unspecified atom stereocenters. The molecule has 0 bridgehead atoms. The molecule has 1 aliphatic rings. The number of hydrogen-bond acceptors (Lipinski definition) is 3. The third-order valence-corrected chi connectivity index (χ3v) is 4.27. The molecule has 1 aliphatic heterocycles. The van der Waals surface area contributed by atoms with Crippen molar-refractivity contribution in [1.82, 2.24) is 4.90 Å². The molecule has 2 atom stereocenters. The highest BCUT2D eigenvalue weighted by Crippen LogP contribution is 2.26. The maximum atomic E-state index is 12.8. The summed E-state index contributed by atoms with van der Waals surface area (Å²) in [5, 5.41) is 10.1. The smallest absolute Gasteiger partial charge is 0.123 e. The van der Waals surface area contributed by atoms with Crippen LogP contribution in [0.3, 0.4) is 0 Å². The van der Waals surface area contributed by atoms with Gasteiger partial charge in [-0.25, -0.2) is 4.39 Å². The van der Waals surface area contributed by atoms with Crippen molar-refractivity contribution in [2.24, 2.45) is 0 Å². The second kappa shape index (κ2) is 7.57. The molecule has 3 rings (SSSR count). The number of aliphatic hydroxyl groups is 1. The van der Waals surface area contributed by atoms with E-state index >= 15 is 0 Å². The highest BCUT2D eigenvalue weighted by atomic mass is 19.1. The van der Waals surface area contributed by atoms with Gasteiger partial charge in [-0.3, -0.25) is 0 Å². The number of halogens is 1. The fourth-order valence-electron chi connectivity index (χ4n) is 3.07. The van der Waals surface area contributed by atoms with Gasteiger partial charge in [-0.1, -0.05) is 30.3 Å². The average molecular weight is 315 g/mol. The number of ether oxygens (including phenoxy) is 1. The molecule has 3 nitrogen and oxygen atoms in total. The lowest BCUT2D eigenvalue weighted by Gasteiger charge is -2.20.